The molecule has 0 aromatic heterocycles. The highest BCUT2D eigenvalue weighted by molar-refractivity contribution is 5.95. The normalized spacial score (nSPS) is 11.3. The molecule has 0 saturated heterocycles. The lowest BCUT2D eigenvalue weighted by Gasteiger charge is -2.14. The molecule has 160 valence electrons. The zero-order valence-corrected chi connectivity index (χ0v) is 17.8. The number of carbonyl (C=O) groups excluding carboxylic acids is 2. The van der Waals surface area contributed by atoms with Crippen LogP contribution in [0.25, 0.3) is 0 Å². The van der Waals surface area contributed by atoms with Crippen molar-refractivity contribution in [3.8, 4) is 17.2 Å². The van der Waals surface area contributed by atoms with Gasteiger partial charge in [0.1, 0.15) is 17.2 Å². The summed E-state index contributed by atoms with van der Waals surface area (Å²) in [5.74, 6) is 0.897. The number of rotatable bonds is 8. The lowest BCUT2D eigenvalue weighted by molar-refractivity contribution is -0.155. The van der Waals surface area contributed by atoms with E-state index in [4.69, 9.17) is 14.2 Å². The molecule has 3 aromatic carbocycles. The average Bonchev–Trinajstić information content (AvgIpc) is 2.76. The Hall–Kier alpha value is -3.80. The van der Waals surface area contributed by atoms with Gasteiger partial charge in [0.15, 0.2) is 12.7 Å². The summed E-state index contributed by atoms with van der Waals surface area (Å²) in [6.45, 7) is 5.20. The molecule has 6 heteroatoms. The van der Waals surface area contributed by atoms with Crippen molar-refractivity contribution < 1.29 is 23.8 Å². The number of aryl methyl sites for hydroxylation is 2. The summed E-state index contributed by atoms with van der Waals surface area (Å²) in [4.78, 5) is 24.3. The highest BCUT2D eigenvalue weighted by Crippen LogP contribution is 2.22. The fourth-order valence-electron chi connectivity index (χ4n) is 2.71. The van der Waals surface area contributed by atoms with E-state index in [9.17, 15) is 9.59 Å². The van der Waals surface area contributed by atoms with Gasteiger partial charge < -0.3 is 19.5 Å². The third-order valence-corrected chi connectivity index (χ3v) is 4.61. The van der Waals surface area contributed by atoms with Gasteiger partial charge >= 0.3 is 5.97 Å². The van der Waals surface area contributed by atoms with Crippen LogP contribution in [-0.2, 0) is 14.3 Å². The smallest absolute Gasteiger partial charge is 0.344 e. The molecule has 31 heavy (non-hydrogen) atoms. The van der Waals surface area contributed by atoms with Crippen molar-refractivity contribution in [1.82, 2.24) is 0 Å². The summed E-state index contributed by atoms with van der Waals surface area (Å²) in [5.41, 5.74) is 2.78. The monoisotopic (exact) mass is 419 g/mol. The summed E-state index contributed by atoms with van der Waals surface area (Å²) in [6.07, 6.45) is -0.962. The fraction of sp³-hybridized carbons (Fsp3) is 0.200. The van der Waals surface area contributed by atoms with Gasteiger partial charge in [-0.05, 0) is 80.4 Å². The van der Waals surface area contributed by atoms with E-state index in [1.165, 1.54) is 6.92 Å². The minimum atomic E-state index is -0.962. The lowest BCUT2D eigenvalue weighted by atomic mass is 10.1. The highest BCUT2D eigenvalue weighted by atomic mass is 16.6. The number of anilines is 1. The maximum Gasteiger partial charge on any atom is 0.344 e. The van der Waals surface area contributed by atoms with E-state index in [1.807, 2.05) is 56.3 Å². The van der Waals surface area contributed by atoms with Gasteiger partial charge in [-0.25, -0.2) is 4.79 Å². The van der Waals surface area contributed by atoms with Crippen molar-refractivity contribution in [3.05, 3.63) is 83.9 Å². The molecule has 0 bridgehead atoms. The molecule has 0 aliphatic heterocycles. The number of nitrogens with one attached hydrogen (secondary N) is 1. The van der Waals surface area contributed by atoms with Crippen LogP contribution < -0.4 is 14.8 Å². The van der Waals surface area contributed by atoms with Crippen molar-refractivity contribution in [1.29, 1.82) is 0 Å². The molecule has 6 nitrogen and oxygen atoms in total. The van der Waals surface area contributed by atoms with E-state index < -0.39 is 18.0 Å². The van der Waals surface area contributed by atoms with Gasteiger partial charge in [0.25, 0.3) is 5.91 Å². The second-order valence-corrected chi connectivity index (χ2v) is 7.10. The molecule has 1 atom stereocenters. The Balaban J connectivity index is 1.46. The minimum absolute atomic E-state index is 0.272. The summed E-state index contributed by atoms with van der Waals surface area (Å²) >= 11 is 0. The first-order valence-electron chi connectivity index (χ1n) is 9.94. The molecule has 1 N–H and O–H groups in total. The molecule has 0 radical (unpaired) electrons. The predicted molar refractivity (Wildman–Crippen MR) is 119 cm³/mol. The number of para-hydroxylation sites is 1. The zero-order chi connectivity index (χ0) is 22.2. The standard InChI is InChI=1S/C25H25NO5/c1-17-9-12-23(15-18(17)2)29-16-24(27)30-19(3)25(28)26-20-10-13-22(14-11-20)31-21-7-5-4-6-8-21/h4-15,19H,16H2,1-3H3,(H,26,28)/t19-/m0/s1. The van der Waals surface area contributed by atoms with Crippen molar-refractivity contribution in [2.24, 2.45) is 0 Å². The van der Waals surface area contributed by atoms with E-state index in [0.717, 1.165) is 16.9 Å². The summed E-state index contributed by atoms with van der Waals surface area (Å²) in [6, 6.07) is 21.9. The van der Waals surface area contributed by atoms with Gasteiger partial charge in [0.05, 0.1) is 0 Å². The molecule has 0 aliphatic rings. The molecule has 0 heterocycles. The SMILES string of the molecule is Cc1ccc(OCC(=O)O[C@@H](C)C(=O)Nc2ccc(Oc3ccccc3)cc2)cc1C. The number of carbonyl (C=O) groups is 2. The Labute approximate surface area is 181 Å². The Bertz CT molecular complexity index is 1030. The van der Waals surface area contributed by atoms with Crippen LogP contribution in [-0.4, -0.2) is 24.6 Å². The van der Waals surface area contributed by atoms with Gasteiger partial charge in [-0.1, -0.05) is 24.3 Å². The maximum absolute atomic E-state index is 12.3. The van der Waals surface area contributed by atoms with Crippen LogP contribution in [0, 0.1) is 13.8 Å². The first-order chi connectivity index (χ1) is 14.9. The van der Waals surface area contributed by atoms with E-state index >= 15 is 0 Å². The maximum atomic E-state index is 12.3. The van der Waals surface area contributed by atoms with Crippen LogP contribution in [0.5, 0.6) is 17.2 Å². The number of benzene rings is 3. The van der Waals surface area contributed by atoms with Crippen molar-refractivity contribution in [2.75, 3.05) is 11.9 Å². The molecule has 3 aromatic rings. The second-order valence-electron chi connectivity index (χ2n) is 7.10. The van der Waals surface area contributed by atoms with Crippen molar-refractivity contribution >= 4 is 17.6 Å². The third-order valence-electron chi connectivity index (χ3n) is 4.61. The predicted octanol–water partition coefficient (Wildman–Crippen LogP) is 5.04. The Kier molecular flexibility index (Phi) is 7.27. The van der Waals surface area contributed by atoms with Crippen LogP contribution in [0.15, 0.2) is 72.8 Å². The minimum Gasteiger partial charge on any atom is -0.482 e. The highest BCUT2D eigenvalue weighted by Gasteiger charge is 2.18. The fourth-order valence-corrected chi connectivity index (χ4v) is 2.71. The summed E-state index contributed by atoms with van der Waals surface area (Å²) in [5, 5.41) is 2.71. The largest absolute Gasteiger partial charge is 0.482 e. The Morgan fingerprint density at radius 2 is 1.48 bits per heavy atom. The number of esters is 1. The molecule has 0 spiro atoms. The molecule has 0 fully saturated rings. The number of hydrogen-bond donors (Lipinski definition) is 1. The molecule has 0 saturated carbocycles. The summed E-state index contributed by atoms with van der Waals surface area (Å²) in [7, 11) is 0. The topological polar surface area (TPSA) is 73.9 Å². The van der Waals surface area contributed by atoms with Crippen molar-refractivity contribution in [2.45, 2.75) is 26.9 Å². The van der Waals surface area contributed by atoms with E-state index in [0.29, 0.717) is 17.2 Å². The lowest BCUT2D eigenvalue weighted by Crippen LogP contribution is -2.31. The quantitative estimate of drug-likeness (QED) is 0.518. The van der Waals surface area contributed by atoms with Crippen LogP contribution in [0.3, 0.4) is 0 Å². The zero-order valence-electron chi connectivity index (χ0n) is 17.8. The number of hydrogen-bond acceptors (Lipinski definition) is 5. The van der Waals surface area contributed by atoms with Crippen LogP contribution in [0.4, 0.5) is 5.69 Å². The molecule has 0 aliphatic carbocycles. The van der Waals surface area contributed by atoms with Crippen molar-refractivity contribution in [3.63, 3.8) is 0 Å². The second kappa shape index (κ2) is 10.3. The molecule has 0 unspecified atom stereocenters. The van der Waals surface area contributed by atoms with Gasteiger partial charge in [0.2, 0.25) is 0 Å². The number of ether oxygens (including phenoxy) is 3. The first-order valence-corrected chi connectivity index (χ1v) is 9.94. The van der Waals surface area contributed by atoms with E-state index in [1.54, 1.807) is 30.3 Å². The van der Waals surface area contributed by atoms with Gasteiger partial charge in [-0.15, -0.1) is 0 Å². The molecular formula is C25H25NO5. The third kappa shape index (κ3) is 6.60. The van der Waals surface area contributed by atoms with E-state index in [-0.39, 0.29) is 6.61 Å². The Morgan fingerprint density at radius 3 is 2.16 bits per heavy atom. The van der Waals surface area contributed by atoms with Crippen LogP contribution in [0.2, 0.25) is 0 Å². The number of amides is 1. The summed E-state index contributed by atoms with van der Waals surface area (Å²) < 4.78 is 16.3. The van der Waals surface area contributed by atoms with E-state index in [2.05, 4.69) is 5.32 Å². The van der Waals surface area contributed by atoms with Gasteiger partial charge in [-0.3, -0.25) is 4.79 Å². The van der Waals surface area contributed by atoms with Gasteiger partial charge in [-0.2, -0.15) is 0 Å². The average molecular weight is 419 g/mol. The molecule has 1 amide bonds. The van der Waals surface area contributed by atoms with Crippen LogP contribution >= 0.6 is 0 Å². The molecular weight excluding hydrogens is 394 g/mol. The first kappa shape index (κ1) is 21.9. The Morgan fingerprint density at radius 1 is 0.839 bits per heavy atom. The van der Waals surface area contributed by atoms with Crippen LogP contribution in [0.1, 0.15) is 18.1 Å². The van der Waals surface area contributed by atoms with Gasteiger partial charge in [0, 0.05) is 5.69 Å². The molecule has 3 rings (SSSR count).